The first-order valence-corrected chi connectivity index (χ1v) is 16.3. The summed E-state index contributed by atoms with van der Waals surface area (Å²) in [5.74, 6) is -1.95. The van der Waals surface area contributed by atoms with Gasteiger partial charge < -0.3 is 33.2 Å². The summed E-state index contributed by atoms with van der Waals surface area (Å²) in [4.78, 5) is 50.7. The first-order chi connectivity index (χ1) is 20.7. The summed E-state index contributed by atoms with van der Waals surface area (Å²) in [6.07, 6.45) is -5.72. The predicted octanol–water partition coefficient (Wildman–Crippen LogP) is 1.84. The van der Waals surface area contributed by atoms with Gasteiger partial charge in [-0.2, -0.15) is 22.0 Å². The van der Waals surface area contributed by atoms with Gasteiger partial charge in [-0.15, -0.1) is 11.3 Å². The zero-order valence-electron chi connectivity index (χ0n) is 25.2. The van der Waals surface area contributed by atoms with E-state index in [-0.39, 0.29) is 62.9 Å². The number of thiophene rings is 1. The summed E-state index contributed by atoms with van der Waals surface area (Å²) in [6, 6.07) is 3.17. The topological polar surface area (TPSA) is 158 Å². The van der Waals surface area contributed by atoms with Crippen molar-refractivity contribution < 1.29 is 104 Å². The van der Waals surface area contributed by atoms with Gasteiger partial charge in [0, 0.05) is 56.7 Å². The maximum absolute atomic E-state index is 14.4. The fourth-order valence-corrected chi connectivity index (χ4v) is 6.75. The minimum atomic E-state index is -5.81. The number of rotatable bonds is 11. The standard InChI is InChI=1S/C18H20BrF5NO5PS.C6H10BO6.Na/c19-14-12-8-11(10-25-3-6-29-7-4-25)9-13(30-5-1-2-17(20,21)22)15(12)32-16(14)18(23,24)31(26,27)28;1-4(8)11-7(12-5(2)9)13-6(3)10;/h8-9H,1-7,10H2,(H2,26,27,28);7H,1-3H3;/q;-1;+1. The van der Waals surface area contributed by atoms with E-state index >= 15 is 0 Å². The minimum Gasteiger partial charge on any atom is -0.625 e. The zero-order chi connectivity index (χ0) is 34.2. The molecule has 12 nitrogen and oxygen atoms in total. The molecule has 1 fully saturated rings. The number of alkyl halides is 5. The van der Waals surface area contributed by atoms with Gasteiger partial charge in [-0.25, -0.2) is 0 Å². The SMILES string of the molecule is CC(=O)O[BH-](OC(C)=O)OC(C)=O.O=P(O)(O)C(F)(F)c1sc2c(OCCCC(F)(F)F)cc(CN3CCOCC3)cc2c1Br.[Na+]. The molecule has 1 aliphatic heterocycles. The number of fused-ring (bicyclic) bond motifs is 1. The van der Waals surface area contributed by atoms with Crippen molar-refractivity contribution in [1.29, 1.82) is 0 Å². The Bertz CT molecular complexity index is 1370. The third-order valence-corrected chi connectivity index (χ3v) is 9.21. The van der Waals surface area contributed by atoms with E-state index < -0.39 is 56.0 Å². The van der Waals surface area contributed by atoms with Crippen molar-refractivity contribution in [2.24, 2.45) is 0 Å². The number of hydrogen-bond donors (Lipinski definition) is 2. The molecule has 46 heavy (non-hydrogen) atoms. The van der Waals surface area contributed by atoms with Gasteiger partial charge in [-0.05, 0) is 40.0 Å². The van der Waals surface area contributed by atoms with E-state index in [9.17, 15) is 40.9 Å². The number of nitrogens with zero attached hydrogens (tertiary/aromatic N) is 1. The van der Waals surface area contributed by atoms with Gasteiger partial charge >= 0.3 is 56.3 Å². The molecule has 1 saturated heterocycles. The molecule has 0 aliphatic carbocycles. The number of halogens is 6. The van der Waals surface area contributed by atoms with E-state index in [2.05, 4.69) is 34.8 Å². The Morgan fingerprint density at radius 3 is 2.00 bits per heavy atom. The van der Waals surface area contributed by atoms with Crippen LogP contribution in [0.2, 0.25) is 0 Å². The molecule has 2 heterocycles. The second kappa shape index (κ2) is 18.4. The van der Waals surface area contributed by atoms with Gasteiger partial charge in [-0.3, -0.25) is 23.8 Å². The maximum Gasteiger partial charge on any atom is 1.00 e. The van der Waals surface area contributed by atoms with Crippen molar-refractivity contribution in [1.82, 2.24) is 4.90 Å². The Morgan fingerprint density at radius 2 is 1.54 bits per heavy atom. The van der Waals surface area contributed by atoms with Gasteiger partial charge in [0.2, 0.25) is 0 Å². The second-order valence-electron chi connectivity index (χ2n) is 9.52. The maximum atomic E-state index is 14.4. The first-order valence-electron chi connectivity index (χ1n) is 13.1. The van der Waals surface area contributed by atoms with Crippen LogP contribution in [0.1, 0.15) is 44.1 Å². The summed E-state index contributed by atoms with van der Waals surface area (Å²) in [5.41, 5.74) is -3.78. The number of ether oxygens (including phenoxy) is 2. The molecule has 2 aromatic rings. The van der Waals surface area contributed by atoms with Crippen LogP contribution in [0, 0.1) is 0 Å². The Labute approximate surface area is 294 Å². The Kier molecular flexibility index (Phi) is 17.1. The normalized spacial score (nSPS) is 14.2. The molecule has 3 rings (SSSR count). The van der Waals surface area contributed by atoms with E-state index in [0.717, 1.165) is 20.8 Å². The molecular formula is C24H30BBrF5NNaO11PS. The molecule has 1 aliphatic rings. The van der Waals surface area contributed by atoms with Crippen molar-refractivity contribution >= 4 is 70.2 Å². The Morgan fingerprint density at radius 1 is 1.02 bits per heavy atom. The van der Waals surface area contributed by atoms with Crippen LogP contribution >= 0.6 is 34.9 Å². The molecule has 0 saturated carbocycles. The Hall–Kier alpha value is -1.35. The third kappa shape index (κ3) is 13.6. The van der Waals surface area contributed by atoms with Crippen LogP contribution in [0.5, 0.6) is 5.75 Å². The van der Waals surface area contributed by atoms with E-state index in [1.807, 2.05) is 0 Å². The van der Waals surface area contributed by atoms with E-state index in [4.69, 9.17) is 19.3 Å². The average molecular weight is 780 g/mol. The molecule has 254 valence electrons. The van der Waals surface area contributed by atoms with Crippen LogP contribution in [0.25, 0.3) is 10.1 Å². The second-order valence-corrected chi connectivity index (χ2v) is 13.0. The number of carbonyl (C=O) groups is 3. The third-order valence-electron chi connectivity index (χ3n) is 5.73. The predicted molar refractivity (Wildman–Crippen MR) is 155 cm³/mol. The van der Waals surface area contributed by atoms with Crippen molar-refractivity contribution in [3.63, 3.8) is 0 Å². The summed E-state index contributed by atoms with van der Waals surface area (Å²) < 4.78 is 102. The number of benzene rings is 1. The zero-order valence-corrected chi connectivity index (χ0v) is 30.5. The van der Waals surface area contributed by atoms with Gasteiger partial charge in [-0.1, -0.05) is 0 Å². The van der Waals surface area contributed by atoms with Gasteiger partial charge in [0.1, 0.15) is 10.6 Å². The fourth-order valence-electron chi connectivity index (χ4n) is 3.78. The quantitative estimate of drug-likeness (QED) is 0.148. The van der Waals surface area contributed by atoms with Gasteiger partial charge in [0.25, 0.3) is 17.9 Å². The number of hydrogen-bond acceptors (Lipinski definition) is 11. The van der Waals surface area contributed by atoms with Crippen LogP contribution in [0.15, 0.2) is 16.6 Å². The molecule has 0 spiro atoms. The van der Waals surface area contributed by atoms with Crippen LogP contribution < -0.4 is 34.3 Å². The van der Waals surface area contributed by atoms with E-state index in [1.165, 1.54) is 0 Å². The number of carbonyl (C=O) groups excluding carboxylic acids is 3. The minimum absolute atomic E-state index is 0. The molecule has 1 aromatic heterocycles. The average Bonchev–Trinajstić information content (AvgIpc) is 3.22. The van der Waals surface area contributed by atoms with Gasteiger partial charge in [0.15, 0.2) is 0 Å². The van der Waals surface area contributed by atoms with Crippen LogP contribution in [-0.2, 0) is 49.9 Å². The first kappa shape index (κ1) is 42.7. The number of morpholine rings is 1. The van der Waals surface area contributed by atoms with E-state index in [1.54, 1.807) is 12.1 Å². The molecule has 1 aromatic carbocycles. The van der Waals surface area contributed by atoms with Crippen LogP contribution in [0.3, 0.4) is 0 Å². The molecule has 22 heteroatoms. The smallest absolute Gasteiger partial charge is 0.625 e. The van der Waals surface area contributed by atoms with Crippen molar-refractivity contribution in [2.75, 3.05) is 32.9 Å². The van der Waals surface area contributed by atoms with Crippen molar-refractivity contribution in [3.05, 3.63) is 27.0 Å². The van der Waals surface area contributed by atoms with Crippen molar-refractivity contribution in [3.8, 4) is 5.75 Å². The van der Waals surface area contributed by atoms with E-state index in [0.29, 0.717) is 49.7 Å². The summed E-state index contributed by atoms with van der Waals surface area (Å²) in [5, 5.41) is 0.245. The summed E-state index contributed by atoms with van der Waals surface area (Å²) in [7, 11) is -8.22. The molecule has 2 N–H and O–H groups in total. The summed E-state index contributed by atoms with van der Waals surface area (Å²) >= 11 is 3.46. The molecule has 0 bridgehead atoms. The summed E-state index contributed by atoms with van der Waals surface area (Å²) in [6.45, 7) is 5.83. The Balaban J connectivity index is 0.000000642. The molecule has 0 unspecified atom stereocenters. The fraction of sp³-hybridized carbons (Fsp3) is 0.542. The van der Waals surface area contributed by atoms with Crippen molar-refractivity contribution in [2.45, 2.75) is 52.0 Å². The molecule has 0 atom stereocenters. The molecule has 0 radical (unpaired) electrons. The monoisotopic (exact) mass is 779 g/mol. The molecule has 0 amide bonds. The largest absolute Gasteiger partial charge is 1.00 e. The molecular weight excluding hydrogens is 750 g/mol. The van der Waals surface area contributed by atoms with Gasteiger partial charge in [0.05, 0.1) is 24.5 Å². The van der Waals surface area contributed by atoms with Crippen LogP contribution in [0.4, 0.5) is 22.0 Å². The van der Waals surface area contributed by atoms with Crippen LogP contribution in [-0.4, -0.2) is 79.0 Å².